The average Bonchev–Trinajstić information content (AvgIpc) is 3.36. The predicted octanol–water partition coefficient (Wildman–Crippen LogP) is 10.4. The highest BCUT2D eigenvalue weighted by Crippen LogP contribution is 2.48. The Labute approximate surface area is 271 Å². The van der Waals surface area contributed by atoms with Crippen LogP contribution in [0.2, 0.25) is 0 Å². The molecule has 2 aliphatic heterocycles. The summed E-state index contributed by atoms with van der Waals surface area (Å²) in [6.45, 7) is 8.57. The van der Waals surface area contributed by atoms with Gasteiger partial charge in [-0.15, -0.1) is 0 Å². The van der Waals surface area contributed by atoms with E-state index in [1.54, 1.807) is 0 Å². The van der Waals surface area contributed by atoms with E-state index in [2.05, 4.69) is 61.4 Å². The van der Waals surface area contributed by atoms with Crippen LogP contribution in [0.4, 0.5) is 33.3 Å². The second kappa shape index (κ2) is 11.7. The highest BCUT2D eigenvalue weighted by Gasteiger charge is 2.43. The van der Waals surface area contributed by atoms with E-state index < -0.39 is 34.0 Å². The highest BCUT2D eigenvalue weighted by molar-refractivity contribution is 8.03. The summed E-state index contributed by atoms with van der Waals surface area (Å²) in [7, 11) is 4.00. The molecule has 0 unspecified atom stereocenters. The molecule has 6 rings (SSSR count). The van der Waals surface area contributed by atoms with Crippen LogP contribution in [0.25, 0.3) is 0 Å². The summed E-state index contributed by atoms with van der Waals surface area (Å²) in [6, 6.07) is 16.3. The number of allylic oxidation sites excluding steroid dienone is 7. The Kier molecular flexibility index (Phi) is 8.16. The van der Waals surface area contributed by atoms with Gasteiger partial charge in [-0.3, -0.25) is 0 Å². The lowest BCUT2D eigenvalue weighted by atomic mass is 9.81. The van der Waals surface area contributed by atoms with E-state index in [1.807, 2.05) is 62.7 Å². The number of nitrogens with zero attached hydrogens (tertiary/aromatic N) is 2. The maximum Gasteiger partial charge on any atom is 0.209 e. The minimum absolute atomic E-state index is 0.303. The van der Waals surface area contributed by atoms with Gasteiger partial charge >= 0.3 is 0 Å². The number of fused-ring (bicyclic) bond motifs is 2. The van der Waals surface area contributed by atoms with Gasteiger partial charge in [0.05, 0.1) is 10.3 Å². The molecular weight excluding hydrogens is 611 g/mol. The zero-order chi connectivity index (χ0) is 33.1. The van der Waals surface area contributed by atoms with Gasteiger partial charge in [-0.05, 0) is 62.0 Å². The number of halogens is 5. The first-order valence-corrected chi connectivity index (χ1v) is 16.1. The standard InChI is InChI=1S/C38H36F5N2S/c1-37(2)24-14-7-9-16-26(24)44(5)28(37)20-18-22-12-11-13-23(35(22)46-36-33(42)31(40)30(39)32(41)34(36)43)19-21-29-38(3,4)25-15-8-10-17-27(25)45(29)6/h7-10,14-21H,11-13H2,1-6H3/q+1. The van der Waals surface area contributed by atoms with E-state index in [9.17, 15) is 13.2 Å². The van der Waals surface area contributed by atoms with E-state index in [1.165, 1.54) is 11.1 Å². The first-order valence-electron chi connectivity index (χ1n) is 15.3. The molecule has 3 aromatic rings. The first kappa shape index (κ1) is 32.0. The van der Waals surface area contributed by atoms with Gasteiger partial charge in [-0.2, -0.15) is 4.58 Å². The third-order valence-electron chi connectivity index (χ3n) is 9.61. The molecule has 0 amide bonds. The molecule has 0 aromatic heterocycles. The molecule has 0 atom stereocenters. The molecule has 8 heteroatoms. The summed E-state index contributed by atoms with van der Waals surface area (Å²) < 4.78 is 74.9. The number of likely N-dealkylation sites (N-methyl/N-ethyl adjacent to an activating group) is 1. The topological polar surface area (TPSA) is 6.25 Å². The van der Waals surface area contributed by atoms with Crippen LogP contribution >= 0.6 is 11.8 Å². The molecule has 3 aliphatic rings. The van der Waals surface area contributed by atoms with Crippen LogP contribution in [0.5, 0.6) is 0 Å². The van der Waals surface area contributed by atoms with Crippen molar-refractivity contribution in [3.05, 3.63) is 135 Å². The van der Waals surface area contributed by atoms with Crippen LogP contribution in [0, 0.1) is 29.1 Å². The molecule has 2 heterocycles. The molecule has 3 aromatic carbocycles. The van der Waals surface area contributed by atoms with Gasteiger partial charge in [-0.25, -0.2) is 22.0 Å². The molecule has 0 spiro atoms. The third-order valence-corrected chi connectivity index (χ3v) is 10.9. The molecule has 0 bridgehead atoms. The molecule has 0 N–H and O–H groups in total. The Morgan fingerprint density at radius 2 is 1.35 bits per heavy atom. The smallest absolute Gasteiger partial charge is 0.209 e. The van der Waals surface area contributed by atoms with Crippen LogP contribution in [-0.4, -0.2) is 24.4 Å². The quantitative estimate of drug-likeness (QED) is 0.118. The van der Waals surface area contributed by atoms with Gasteiger partial charge in [0.25, 0.3) is 0 Å². The Morgan fingerprint density at radius 1 is 0.739 bits per heavy atom. The maximum atomic E-state index is 15.1. The zero-order valence-corrected chi connectivity index (χ0v) is 27.6. The van der Waals surface area contributed by atoms with Crippen molar-refractivity contribution in [3.63, 3.8) is 0 Å². The minimum Gasteiger partial charge on any atom is -0.347 e. The van der Waals surface area contributed by atoms with Crippen LogP contribution in [0.1, 0.15) is 58.1 Å². The number of benzene rings is 3. The SMILES string of the molecule is CN1/C(=C/C=C2\CCCC(/C=C/C3=[N+](C)c4ccccc4C3(C)C)=C2Sc2c(F)c(F)c(F)c(F)c2F)C(C)(C)c2ccccc21. The zero-order valence-electron chi connectivity index (χ0n) is 26.7. The summed E-state index contributed by atoms with van der Waals surface area (Å²) in [6.07, 6.45) is 9.85. The number of para-hydroxylation sites is 2. The van der Waals surface area contributed by atoms with Crippen molar-refractivity contribution < 1.29 is 26.5 Å². The fourth-order valence-corrected chi connectivity index (χ4v) is 8.26. The number of hydrogen-bond acceptors (Lipinski definition) is 2. The van der Waals surface area contributed by atoms with E-state index in [4.69, 9.17) is 0 Å². The fourth-order valence-electron chi connectivity index (χ4n) is 7.09. The van der Waals surface area contributed by atoms with Gasteiger partial charge in [0.2, 0.25) is 11.5 Å². The molecular formula is C38H36F5N2S+. The second-order valence-electron chi connectivity index (χ2n) is 13.1. The second-order valence-corrected chi connectivity index (χ2v) is 14.1. The molecule has 0 radical (unpaired) electrons. The largest absolute Gasteiger partial charge is 0.347 e. The Hall–Kier alpha value is -3.91. The van der Waals surface area contributed by atoms with Crippen molar-refractivity contribution in [2.75, 3.05) is 19.0 Å². The minimum atomic E-state index is -2.16. The number of rotatable bonds is 5. The van der Waals surface area contributed by atoms with Crippen molar-refractivity contribution in [1.29, 1.82) is 0 Å². The van der Waals surface area contributed by atoms with Gasteiger partial charge in [0.15, 0.2) is 29.0 Å². The predicted molar refractivity (Wildman–Crippen MR) is 176 cm³/mol. The fraction of sp³-hybridized carbons (Fsp3) is 0.289. The summed E-state index contributed by atoms with van der Waals surface area (Å²) in [5, 5.41) is 0. The van der Waals surface area contributed by atoms with Gasteiger partial charge in [0, 0.05) is 46.5 Å². The maximum absolute atomic E-state index is 15.1. The van der Waals surface area contributed by atoms with Crippen molar-refractivity contribution in [1.82, 2.24) is 0 Å². The Morgan fingerprint density at radius 3 is 2.00 bits per heavy atom. The van der Waals surface area contributed by atoms with Crippen molar-refractivity contribution in [3.8, 4) is 0 Å². The molecule has 238 valence electrons. The van der Waals surface area contributed by atoms with E-state index in [-0.39, 0.29) is 10.8 Å². The number of hydrogen-bond donors (Lipinski definition) is 0. The normalized spacial score (nSPS) is 20.5. The van der Waals surface area contributed by atoms with Gasteiger partial charge in [0.1, 0.15) is 7.05 Å². The summed E-state index contributed by atoms with van der Waals surface area (Å²) >= 11 is 0.610. The van der Waals surface area contributed by atoms with Crippen LogP contribution in [0.15, 0.2) is 99.5 Å². The first-order chi connectivity index (χ1) is 21.8. The molecule has 0 fully saturated rings. The molecule has 0 saturated heterocycles. The van der Waals surface area contributed by atoms with E-state index in [0.29, 0.717) is 29.5 Å². The third kappa shape index (κ3) is 5.05. The van der Waals surface area contributed by atoms with Crippen LogP contribution in [0.3, 0.4) is 0 Å². The van der Waals surface area contributed by atoms with Crippen molar-refractivity contribution >= 4 is 28.8 Å². The Bertz CT molecular complexity index is 1900. The van der Waals surface area contributed by atoms with Crippen molar-refractivity contribution in [2.45, 2.75) is 62.7 Å². The molecule has 1 aliphatic carbocycles. The lowest BCUT2D eigenvalue weighted by molar-refractivity contribution is -0.401. The molecule has 46 heavy (non-hydrogen) atoms. The lowest BCUT2D eigenvalue weighted by Crippen LogP contribution is -2.26. The van der Waals surface area contributed by atoms with Crippen molar-refractivity contribution in [2.24, 2.45) is 0 Å². The number of anilines is 1. The van der Waals surface area contributed by atoms with Crippen LogP contribution < -0.4 is 4.90 Å². The van der Waals surface area contributed by atoms with Gasteiger partial charge in [-0.1, -0.05) is 74.2 Å². The van der Waals surface area contributed by atoms with E-state index in [0.717, 1.165) is 40.4 Å². The van der Waals surface area contributed by atoms with Crippen LogP contribution in [-0.2, 0) is 10.8 Å². The number of thioether (sulfide) groups is 1. The van der Waals surface area contributed by atoms with Gasteiger partial charge < -0.3 is 4.90 Å². The summed E-state index contributed by atoms with van der Waals surface area (Å²) in [5.74, 6) is -9.70. The lowest BCUT2D eigenvalue weighted by Gasteiger charge is -2.25. The summed E-state index contributed by atoms with van der Waals surface area (Å²) in [5.41, 5.74) is 7.57. The average molecular weight is 648 g/mol. The van der Waals surface area contributed by atoms with E-state index >= 15 is 8.78 Å². The highest BCUT2D eigenvalue weighted by atomic mass is 32.2. The monoisotopic (exact) mass is 647 g/mol. The summed E-state index contributed by atoms with van der Waals surface area (Å²) in [4.78, 5) is 1.72. The molecule has 0 saturated carbocycles. The Balaban J connectivity index is 1.48. The molecule has 2 nitrogen and oxygen atoms in total.